The molecule has 0 saturated heterocycles. The molecule has 13 heavy (non-hydrogen) atoms. The first-order valence-electron chi connectivity index (χ1n) is 4.99. The molecule has 0 saturated carbocycles. The SMILES string of the molecule is CCCC[C]1C=CC(C(C)C)=C1.[LiH]. The molecule has 0 nitrogen and oxygen atoms in total. The number of rotatable bonds is 4. The van der Waals surface area contributed by atoms with E-state index in [1.807, 2.05) is 0 Å². The number of hydrogen-bond donors (Lipinski definition) is 0. The third-order valence-electron chi connectivity index (χ3n) is 2.33. The van der Waals surface area contributed by atoms with Gasteiger partial charge in [0.05, 0.1) is 0 Å². The van der Waals surface area contributed by atoms with Gasteiger partial charge in [0.25, 0.3) is 0 Å². The Hall–Kier alpha value is 0.0774. The maximum absolute atomic E-state index is 2.35. The Kier molecular flexibility index (Phi) is 6.56. The van der Waals surface area contributed by atoms with Gasteiger partial charge in [-0.25, -0.2) is 0 Å². The predicted molar refractivity (Wildman–Crippen MR) is 62.0 cm³/mol. The van der Waals surface area contributed by atoms with E-state index in [0.29, 0.717) is 5.92 Å². The van der Waals surface area contributed by atoms with Gasteiger partial charge < -0.3 is 0 Å². The van der Waals surface area contributed by atoms with Crippen molar-refractivity contribution in [1.29, 1.82) is 0 Å². The van der Waals surface area contributed by atoms with E-state index in [1.165, 1.54) is 30.8 Å². The van der Waals surface area contributed by atoms with E-state index in [4.69, 9.17) is 0 Å². The Morgan fingerprint density at radius 2 is 1.92 bits per heavy atom. The molecular formula is C12H20Li. The molecule has 0 amide bonds. The number of allylic oxidation sites excluding steroid dienone is 4. The first-order chi connectivity index (χ1) is 5.74. The van der Waals surface area contributed by atoms with E-state index in [9.17, 15) is 0 Å². The van der Waals surface area contributed by atoms with E-state index in [1.54, 1.807) is 0 Å². The average molecular weight is 171 g/mol. The molecule has 1 aliphatic rings. The predicted octanol–water partition coefficient (Wildman–Crippen LogP) is 3.25. The van der Waals surface area contributed by atoms with Gasteiger partial charge in [-0.05, 0) is 17.9 Å². The van der Waals surface area contributed by atoms with Gasteiger partial charge >= 0.3 is 18.9 Å². The van der Waals surface area contributed by atoms with Crippen molar-refractivity contribution in [1.82, 2.24) is 0 Å². The molecule has 0 bridgehead atoms. The molecule has 0 aliphatic heterocycles. The van der Waals surface area contributed by atoms with Crippen LogP contribution in [0.2, 0.25) is 0 Å². The first kappa shape index (κ1) is 13.1. The quantitative estimate of drug-likeness (QED) is 0.569. The Balaban J connectivity index is 0.00000144. The molecular weight excluding hydrogens is 151 g/mol. The van der Waals surface area contributed by atoms with Crippen molar-refractivity contribution in [3.63, 3.8) is 0 Å². The van der Waals surface area contributed by atoms with Crippen LogP contribution in [0.4, 0.5) is 0 Å². The molecule has 0 spiro atoms. The standard InChI is InChI=1S/C12H19.Li.H/c1-4-5-6-11-7-8-12(9-11)10(2)3;;/h7-10H,4-6H2,1-3H3;;. The van der Waals surface area contributed by atoms with Crippen molar-refractivity contribution < 1.29 is 0 Å². The molecule has 0 aromatic heterocycles. The van der Waals surface area contributed by atoms with Crippen LogP contribution in [0.5, 0.6) is 0 Å². The van der Waals surface area contributed by atoms with E-state index in [-0.39, 0.29) is 18.9 Å². The molecule has 1 aliphatic carbocycles. The van der Waals surface area contributed by atoms with E-state index in [2.05, 4.69) is 39.0 Å². The number of hydrogen-bond acceptors (Lipinski definition) is 0. The van der Waals surface area contributed by atoms with Crippen LogP contribution in [-0.4, -0.2) is 18.9 Å². The summed E-state index contributed by atoms with van der Waals surface area (Å²) in [5.74, 6) is 2.20. The average Bonchev–Trinajstić information content (AvgIpc) is 2.48. The summed E-state index contributed by atoms with van der Waals surface area (Å²) in [6, 6.07) is 0. The molecule has 0 aromatic rings. The number of unbranched alkanes of at least 4 members (excludes halogenated alkanes) is 1. The molecule has 69 valence electrons. The van der Waals surface area contributed by atoms with Crippen molar-refractivity contribution in [3.8, 4) is 0 Å². The second-order valence-corrected chi connectivity index (χ2v) is 3.81. The fourth-order valence-electron chi connectivity index (χ4n) is 1.41. The molecule has 1 rings (SSSR count). The molecule has 0 fully saturated rings. The topological polar surface area (TPSA) is 0 Å². The zero-order valence-electron chi connectivity index (χ0n) is 8.43. The van der Waals surface area contributed by atoms with Crippen LogP contribution in [0.15, 0.2) is 23.8 Å². The molecule has 0 N–H and O–H groups in total. The van der Waals surface area contributed by atoms with Gasteiger partial charge in [0.1, 0.15) is 0 Å². The van der Waals surface area contributed by atoms with Crippen molar-refractivity contribution in [2.75, 3.05) is 0 Å². The second kappa shape index (κ2) is 6.52. The van der Waals surface area contributed by atoms with Crippen LogP contribution < -0.4 is 0 Å². The summed E-state index contributed by atoms with van der Waals surface area (Å²) in [6.07, 6.45) is 10.7. The minimum absolute atomic E-state index is 0. The van der Waals surface area contributed by atoms with Crippen LogP contribution in [0.3, 0.4) is 0 Å². The molecule has 0 unspecified atom stereocenters. The van der Waals surface area contributed by atoms with Crippen molar-refractivity contribution in [2.24, 2.45) is 5.92 Å². The molecule has 1 radical (unpaired) electrons. The van der Waals surface area contributed by atoms with Gasteiger partial charge in [0, 0.05) is 5.92 Å². The van der Waals surface area contributed by atoms with Crippen LogP contribution in [0, 0.1) is 11.8 Å². The maximum atomic E-state index is 2.35. The third-order valence-corrected chi connectivity index (χ3v) is 2.33. The van der Waals surface area contributed by atoms with Crippen LogP contribution >= 0.6 is 0 Å². The Morgan fingerprint density at radius 1 is 1.23 bits per heavy atom. The Labute approximate surface area is 94.7 Å². The zero-order chi connectivity index (χ0) is 8.97. The molecule has 0 aromatic carbocycles. The van der Waals surface area contributed by atoms with Gasteiger partial charge in [0.2, 0.25) is 0 Å². The zero-order valence-corrected chi connectivity index (χ0v) is 8.43. The van der Waals surface area contributed by atoms with Crippen molar-refractivity contribution >= 4 is 18.9 Å². The van der Waals surface area contributed by atoms with Gasteiger partial charge in [-0.1, -0.05) is 51.8 Å². The van der Waals surface area contributed by atoms with Gasteiger partial charge in [0.15, 0.2) is 0 Å². The summed E-state index contributed by atoms with van der Waals surface area (Å²) < 4.78 is 0. The fraction of sp³-hybridized carbons (Fsp3) is 0.583. The van der Waals surface area contributed by atoms with Crippen LogP contribution in [-0.2, 0) is 0 Å². The van der Waals surface area contributed by atoms with Gasteiger partial charge in [-0.15, -0.1) is 0 Å². The van der Waals surface area contributed by atoms with Crippen LogP contribution in [0.1, 0.15) is 40.0 Å². The van der Waals surface area contributed by atoms with Gasteiger partial charge in [-0.3, -0.25) is 0 Å². The summed E-state index contributed by atoms with van der Waals surface area (Å²) in [7, 11) is 0. The first-order valence-corrected chi connectivity index (χ1v) is 4.99. The fourth-order valence-corrected chi connectivity index (χ4v) is 1.41. The molecule has 0 heterocycles. The van der Waals surface area contributed by atoms with E-state index >= 15 is 0 Å². The Morgan fingerprint density at radius 3 is 2.38 bits per heavy atom. The normalized spacial score (nSPS) is 16.2. The van der Waals surface area contributed by atoms with Crippen molar-refractivity contribution in [3.05, 3.63) is 29.7 Å². The van der Waals surface area contributed by atoms with Gasteiger partial charge in [-0.2, -0.15) is 0 Å². The summed E-state index contributed by atoms with van der Waals surface area (Å²) >= 11 is 0. The van der Waals surface area contributed by atoms with Crippen LogP contribution in [0.25, 0.3) is 0 Å². The molecule has 0 atom stereocenters. The summed E-state index contributed by atoms with van der Waals surface area (Å²) in [4.78, 5) is 0. The van der Waals surface area contributed by atoms with E-state index in [0.717, 1.165) is 0 Å². The second-order valence-electron chi connectivity index (χ2n) is 3.81. The summed E-state index contributed by atoms with van der Waals surface area (Å²) in [6.45, 7) is 6.74. The monoisotopic (exact) mass is 171 g/mol. The minimum atomic E-state index is 0. The third kappa shape index (κ3) is 4.21. The Bertz CT molecular complexity index is 189. The van der Waals surface area contributed by atoms with E-state index < -0.39 is 0 Å². The summed E-state index contributed by atoms with van der Waals surface area (Å²) in [5.41, 5.74) is 1.49. The summed E-state index contributed by atoms with van der Waals surface area (Å²) in [5, 5.41) is 0. The van der Waals surface area contributed by atoms with Crippen molar-refractivity contribution in [2.45, 2.75) is 40.0 Å². The molecule has 1 heteroatoms.